The standard InChI is InChI=1S/C13H23N3O3S/c1-5-11(2)16(8-9-19-4)20(17,18)12-6-7-15-13(10-12)14-3/h6-7,10-11H,5,8-9H2,1-4H3,(H,14,15). The summed E-state index contributed by atoms with van der Waals surface area (Å²) in [7, 11) is -0.277. The smallest absolute Gasteiger partial charge is 0.243 e. The molecule has 1 aromatic heterocycles. The molecule has 1 N–H and O–H groups in total. The van der Waals surface area contributed by atoms with E-state index < -0.39 is 10.0 Å². The molecule has 20 heavy (non-hydrogen) atoms. The maximum absolute atomic E-state index is 12.7. The first-order chi connectivity index (χ1) is 9.47. The van der Waals surface area contributed by atoms with Crippen molar-refractivity contribution in [2.75, 3.05) is 32.6 Å². The zero-order chi connectivity index (χ0) is 15.2. The van der Waals surface area contributed by atoms with Crippen molar-refractivity contribution in [2.45, 2.75) is 31.2 Å². The molecule has 1 aromatic rings. The number of hydrogen-bond acceptors (Lipinski definition) is 5. The highest BCUT2D eigenvalue weighted by Gasteiger charge is 2.28. The fraction of sp³-hybridized carbons (Fsp3) is 0.615. The summed E-state index contributed by atoms with van der Waals surface area (Å²) in [4.78, 5) is 4.28. The van der Waals surface area contributed by atoms with E-state index in [1.165, 1.54) is 22.6 Å². The molecule has 114 valence electrons. The highest BCUT2D eigenvalue weighted by atomic mass is 32.2. The molecule has 0 aliphatic rings. The Morgan fingerprint density at radius 1 is 1.50 bits per heavy atom. The predicted octanol–water partition coefficient (Wildman–Crippen LogP) is 1.56. The number of ether oxygens (including phenoxy) is 1. The third-order valence-corrected chi connectivity index (χ3v) is 5.20. The van der Waals surface area contributed by atoms with Crippen LogP contribution < -0.4 is 5.32 Å². The molecule has 1 unspecified atom stereocenters. The average molecular weight is 301 g/mol. The van der Waals surface area contributed by atoms with E-state index in [1.807, 2.05) is 13.8 Å². The lowest BCUT2D eigenvalue weighted by atomic mass is 10.3. The normalized spacial score (nSPS) is 13.4. The van der Waals surface area contributed by atoms with E-state index >= 15 is 0 Å². The van der Waals surface area contributed by atoms with Crippen molar-refractivity contribution in [1.29, 1.82) is 0 Å². The zero-order valence-corrected chi connectivity index (χ0v) is 13.3. The van der Waals surface area contributed by atoms with Crippen LogP contribution in [0.2, 0.25) is 0 Å². The number of nitrogens with zero attached hydrogens (tertiary/aromatic N) is 2. The second-order valence-electron chi connectivity index (χ2n) is 4.49. The van der Waals surface area contributed by atoms with Crippen LogP contribution in [-0.4, -0.2) is 51.1 Å². The highest BCUT2D eigenvalue weighted by molar-refractivity contribution is 7.89. The molecule has 0 saturated carbocycles. The van der Waals surface area contributed by atoms with Gasteiger partial charge >= 0.3 is 0 Å². The maximum Gasteiger partial charge on any atom is 0.243 e. The number of aromatic nitrogens is 1. The number of sulfonamides is 1. The molecule has 1 rings (SSSR count). The van der Waals surface area contributed by atoms with Crippen LogP contribution in [0.3, 0.4) is 0 Å². The lowest BCUT2D eigenvalue weighted by Crippen LogP contribution is -2.40. The first-order valence-corrected chi connectivity index (χ1v) is 8.06. The van der Waals surface area contributed by atoms with Gasteiger partial charge in [0, 0.05) is 39.0 Å². The van der Waals surface area contributed by atoms with Gasteiger partial charge in [-0.15, -0.1) is 0 Å². The van der Waals surface area contributed by atoms with Gasteiger partial charge in [-0.3, -0.25) is 0 Å². The van der Waals surface area contributed by atoms with E-state index in [4.69, 9.17) is 4.74 Å². The molecule has 0 aromatic carbocycles. The molecule has 0 fully saturated rings. The molecule has 1 heterocycles. The highest BCUT2D eigenvalue weighted by Crippen LogP contribution is 2.20. The van der Waals surface area contributed by atoms with Crippen LogP contribution in [0.1, 0.15) is 20.3 Å². The Balaban J connectivity index is 3.14. The Kier molecular flexibility index (Phi) is 6.38. The molecule has 1 atom stereocenters. The van der Waals surface area contributed by atoms with Crippen LogP contribution in [0.5, 0.6) is 0 Å². The van der Waals surface area contributed by atoms with Gasteiger partial charge in [-0.05, 0) is 19.4 Å². The fourth-order valence-corrected chi connectivity index (χ4v) is 3.51. The van der Waals surface area contributed by atoms with E-state index in [0.29, 0.717) is 19.0 Å². The van der Waals surface area contributed by atoms with Gasteiger partial charge < -0.3 is 10.1 Å². The fourth-order valence-electron chi connectivity index (χ4n) is 1.81. The number of pyridine rings is 1. The van der Waals surface area contributed by atoms with E-state index in [2.05, 4.69) is 10.3 Å². The second kappa shape index (κ2) is 7.56. The van der Waals surface area contributed by atoms with Crippen LogP contribution in [0.4, 0.5) is 5.82 Å². The Labute approximate surface area is 121 Å². The predicted molar refractivity (Wildman–Crippen MR) is 79.3 cm³/mol. The van der Waals surface area contributed by atoms with Crippen molar-refractivity contribution >= 4 is 15.8 Å². The quantitative estimate of drug-likeness (QED) is 0.789. The van der Waals surface area contributed by atoms with Crippen molar-refractivity contribution in [1.82, 2.24) is 9.29 Å². The molecule has 0 bridgehead atoms. The summed E-state index contributed by atoms with van der Waals surface area (Å²) in [6.45, 7) is 4.57. The SMILES string of the molecule is CCC(C)N(CCOC)S(=O)(=O)c1ccnc(NC)c1. The Bertz CT molecular complexity index is 519. The van der Waals surface area contributed by atoms with Crippen LogP contribution in [0.15, 0.2) is 23.2 Å². The van der Waals surface area contributed by atoms with Gasteiger partial charge in [0.25, 0.3) is 0 Å². The average Bonchev–Trinajstić information content (AvgIpc) is 2.47. The van der Waals surface area contributed by atoms with E-state index in [9.17, 15) is 8.42 Å². The summed E-state index contributed by atoms with van der Waals surface area (Å²) < 4.78 is 31.9. The van der Waals surface area contributed by atoms with Crippen molar-refractivity contribution in [3.8, 4) is 0 Å². The summed E-state index contributed by atoms with van der Waals surface area (Å²) >= 11 is 0. The minimum absolute atomic E-state index is 0.0821. The third kappa shape index (κ3) is 3.91. The molecule has 0 amide bonds. The molecule has 6 nitrogen and oxygen atoms in total. The molecule has 0 aliphatic heterocycles. The number of rotatable bonds is 8. The molecular weight excluding hydrogens is 278 g/mol. The van der Waals surface area contributed by atoms with E-state index in [0.717, 1.165) is 6.42 Å². The zero-order valence-electron chi connectivity index (χ0n) is 12.5. The number of anilines is 1. The molecular formula is C13H23N3O3S. The van der Waals surface area contributed by atoms with Crippen molar-refractivity contribution in [3.63, 3.8) is 0 Å². The lowest BCUT2D eigenvalue weighted by Gasteiger charge is -2.27. The minimum atomic E-state index is -3.54. The largest absolute Gasteiger partial charge is 0.383 e. The summed E-state index contributed by atoms with van der Waals surface area (Å²) in [5.74, 6) is 0.530. The van der Waals surface area contributed by atoms with Gasteiger partial charge in [-0.25, -0.2) is 13.4 Å². The maximum atomic E-state index is 12.7. The van der Waals surface area contributed by atoms with Gasteiger partial charge in [0.2, 0.25) is 10.0 Å². The first kappa shape index (κ1) is 16.9. The molecule has 0 radical (unpaired) electrons. The van der Waals surface area contributed by atoms with Crippen LogP contribution in [-0.2, 0) is 14.8 Å². The van der Waals surface area contributed by atoms with Crippen molar-refractivity contribution < 1.29 is 13.2 Å². The lowest BCUT2D eigenvalue weighted by molar-refractivity contribution is 0.167. The monoisotopic (exact) mass is 301 g/mol. The summed E-state index contributed by atoms with van der Waals surface area (Å²) in [5.41, 5.74) is 0. The minimum Gasteiger partial charge on any atom is -0.383 e. The van der Waals surface area contributed by atoms with E-state index in [-0.39, 0.29) is 10.9 Å². The van der Waals surface area contributed by atoms with Gasteiger partial charge in [0.05, 0.1) is 11.5 Å². The Morgan fingerprint density at radius 2 is 2.20 bits per heavy atom. The van der Waals surface area contributed by atoms with Crippen molar-refractivity contribution in [3.05, 3.63) is 18.3 Å². The van der Waals surface area contributed by atoms with Crippen LogP contribution in [0, 0.1) is 0 Å². The number of hydrogen-bond donors (Lipinski definition) is 1. The number of methoxy groups -OCH3 is 1. The van der Waals surface area contributed by atoms with Crippen LogP contribution >= 0.6 is 0 Å². The van der Waals surface area contributed by atoms with Gasteiger partial charge in [0.1, 0.15) is 5.82 Å². The molecule has 7 heteroatoms. The topological polar surface area (TPSA) is 71.5 Å². The molecule has 0 spiro atoms. The first-order valence-electron chi connectivity index (χ1n) is 6.62. The Morgan fingerprint density at radius 3 is 2.75 bits per heavy atom. The molecule has 0 saturated heterocycles. The second-order valence-corrected chi connectivity index (χ2v) is 6.38. The van der Waals surface area contributed by atoms with Crippen LogP contribution in [0.25, 0.3) is 0 Å². The number of nitrogens with one attached hydrogen (secondary N) is 1. The van der Waals surface area contributed by atoms with E-state index in [1.54, 1.807) is 14.2 Å². The summed E-state index contributed by atoms with van der Waals surface area (Å²) in [5, 5.41) is 2.85. The van der Waals surface area contributed by atoms with Gasteiger partial charge in [-0.2, -0.15) is 4.31 Å². The summed E-state index contributed by atoms with van der Waals surface area (Å²) in [6.07, 6.45) is 2.23. The van der Waals surface area contributed by atoms with Crippen molar-refractivity contribution in [2.24, 2.45) is 0 Å². The molecule has 0 aliphatic carbocycles. The van der Waals surface area contributed by atoms with Gasteiger partial charge in [-0.1, -0.05) is 6.92 Å². The summed E-state index contributed by atoms with van der Waals surface area (Å²) in [6, 6.07) is 2.97. The van der Waals surface area contributed by atoms with Gasteiger partial charge in [0.15, 0.2) is 0 Å². The third-order valence-electron chi connectivity index (χ3n) is 3.19. The Hall–Kier alpha value is -1.18.